The summed E-state index contributed by atoms with van der Waals surface area (Å²) in [7, 11) is 1.42. The number of hydrogen-bond donors (Lipinski definition) is 2. The number of halogens is 2. The zero-order valence-electron chi connectivity index (χ0n) is 14.5. The smallest absolute Gasteiger partial charge is 0.387 e. The molecule has 4 nitrogen and oxygen atoms in total. The number of methoxy groups -OCH3 is 1. The fourth-order valence-electron chi connectivity index (χ4n) is 2.41. The first kappa shape index (κ1) is 19.9. The Labute approximate surface area is 157 Å². The molecule has 0 aliphatic carbocycles. The van der Waals surface area contributed by atoms with E-state index in [1.165, 1.54) is 18.7 Å². The maximum atomic E-state index is 12.3. The highest BCUT2D eigenvalue weighted by Gasteiger charge is 2.11. The number of nitrogens with one attached hydrogen (secondary N) is 2. The minimum Gasteiger partial charge on any atom is -0.493 e. The number of ether oxygens (including phenoxy) is 2. The molecule has 2 aromatic carbocycles. The van der Waals surface area contributed by atoms with Gasteiger partial charge in [0.05, 0.1) is 7.11 Å². The maximum absolute atomic E-state index is 12.3. The highest BCUT2D eigenvalue weighted by molar-refractivity contribution is 7.80. The molecule has 140 valence electrons. The van der Waals surface area contributed by atoms with Crippen molar-refractivity contribution in [3.8, 4) is 11.5 Å². The number of hydrogen-bond acceptors (Lipinski definition) is 3. The van der Waals surface area contributed by atoms with Crippen LogP contribution >= 0.6 is 12.2 Å². The van der Waals surface area contributed by atoms with Crippen molar-refractivity contribution in [2.45, 2.75) is 19.5 Å². The molecule has 26 heavy (non-hydrogen) atoms. The zero-order chi connectivity index (χ0) is 18.8. The summed E-state index contributed by atoms with van der Waals surface area (Å²) in [6, 6.07) is 15.1. The van der Waals surface area contributed by atoms with E-state index in [0.29, 0.717) is 18.1 Å². The van der Waals surface area contributed by atoms with Crippen molar-refractivity contribution in [3.05, 3.63) is 59.7 Å². The highest BCUT2D eigenvalue weighted by Crippen LogP contribution is 2.29. The molecule has 2 N–H and O–H groups in total. The lowest BCUT2D eigenvalue weighted by Gasteiger charge is -2.13. The predicted octanol–water partition coefficient (Wildman–Crippen LogP) is 3.55. The average Bonchev–Trinajstić information content (AvgIpc) is 2.63. The monoisotopic (exact) mass is 380 g/mol. The Balaban J connectivity index is 1.72. The molecule has 0 amide bonds. The van der Waals surface area contributed by atoms with Crippen LogP contribution in [0.4, 0.5) is 8.78 Å². The summed E-state index contributed by atoms with van der Waals surface area (Å²) < 4.78 is 34.2. The second-order valence-electron chi connectivity index (χ2n) is 5.53. The fourth-order valence-corrected chi connectivity index (χ4v) is 2.61. The van der Waals surface area contributed by atoms with Gasteiger partial charge in [0.2, 0.25) is 0 Å². The van der Waals surface area contributed by atoms with Crippen LogP contribution in [0.25, 0.3) is 0 Å². The molecule has 0 radical (unpaired) electrons. The Morgan fingerprint density at radius 3 is 2.23 bits per heavy atom. The molecule has 0 saturated heterocycles. The van der Waals surface area contributed by atoms with Gasteiger partial charge in [-0.1, -0.05) is 36.4 Å². The van der Waals surface area contributed by atoms with Crippen molar-refractivity contribution >= 4 is 17.3 Å². The average molecular weight is 380 g/mol. The van der Waals surface area contributed by atoms with E-state index in [0.717, 1.165) is 18.5 Å². The number of alkyl halides is 2. The number of thiocarbonyl (C=S) groups is 1. The molecular weight excluding hydrogens is 358 g/mol. The van der Waals surface area contributed by atoms with Crippen molar-refractivity contribution in [1.29, 1.82) is 0 Å². The molecule has 2 rings (SSSR count). The van der Waals surface area contributed by atoms with Gasteiger partial charge in [-0.3, -0.25) is 0 Å². The molecule has 0 unspecified atom stereocenters. The lowest BCUT2D eigenvalue weighted by atomic mass is 10.1. The van der Waals surface area contributed by atoms with Crippen molar-refractivity contribution < 1.29 is 18.3 Å². The van der Waals surface area contributed by atoms with E-state index in [-0.39, 0.29) is 11.5 Å². The molecule has 0 atom stereocenters. The third kappa shape index (κ3) is 6.84. The van der Waals surface area contributed by atoms with E-state index in [9.17, 15) is 8.78 Å². The summed E-state index contributed by atoms with van der Waals surface area (Å²) in [5.74, 6) is 0.309. The SMILES string of the molecule is COc1cc(CCNC(=S)NCCc2ccccc2)ccc1OC(F)F. The molecule has 0 spiro atoms. The largest absolute Gasteiger partial charge is 0.493 e. The summed E-state index contributed by atoms with van der Waals surface area (Å²) in [5, 5.41) is 6.88. The minimum absolute atomic E-state index is 0.0253. The van der Waals surface area contributed by atoms with Crippen LogP contribution < -0.4 is 20.1 Å². The summed E-state index contributed by atoms with van der Waals surface area (Å²) >= 11 is 5.25. The van der Waals surface area contributed by atoms with Crippen LogP contribution in [0.3, 0.4) is 0 Å². The molecule has 7 heteroatoms. The van der Waals surface area contributed by atoms with Crippen molar-refractivity contribution in [2.24, 2.45) is 0 Å². The third-order valence-corrected chi connectivity index (χ3v) is 3.97. The Kier molecular flexibility index (Phi) is 8.08. The Bertz CT molecular complexity index is 699. The first-order valence-electron chi connectivity index (χ1n) is 8.26. The molecular formula is C19H22F2N2O2S. The molecule has 0 fully saturated rings. The molecule has 0 aliphatic rings. The van der Waals surface area contributed by atoms with E-state index in [4.69, 9.17) is 17.0 Å². The zero-order valence-corrected chi connectivity index (χ0v) is 15.3. The Hall–Kier alpha value is -2.41. The standard InChI is InChI=1S/C19H22F2N2O2S/c1-24-17-13-15(7-8-16(17)25-18(20)21)10-12-23-19(26)22-11-9-14-5-3-2-4-6-14/h2-8,13,18H,9-12H2,1H3,(H2,22,23,26). The molecule has 0 aromatic heterocycles. The molecule has 0 aliphatic heterocycles. The molecule has 0 saturated carbocycles. The van der Waals surface area contributed by atoms with E-state index >= 15 is 0 Å². The van der Waals surface area contributed by atoms with Crippen LogP contribution in [0.1, 0.15) is 11.1 Å². The maximum Gasteiger partial charge on any atom is 0.387 e. The first-order valence-corrected chi connectivity index (χ1v) is 8.66. The van der Waals surface area contributed by atoms with E-state index < -0.39 is 6.61 Å². The van der Waals surface area contributed by atoms with Gasteiger partial charge in [-0.15, -0.1) is 0 Å². The topological polar surface area (TPSA) is 42.5 Å². The predicted molar refractivity (Wildman–Crippen MR) is 102 cm³/mol. The number of benzene rings is 2. The molecule has 0 bridgehead atoms. The van der Waals surface area contributed by atoms with Gasteiger partial charge in [0.15, 0.2) is 16.6 Å². The summed E-state index contributed by atoms with van der Waals surface area (Å²) in [6.45, 7) is -1.51. The Morgan fingerprint density at radius 1 is 0.962 bits per heavy atom. The van der Waals surface area contributed by atoms with Crippen LogP contribution in [-0.2, 0) is 12.8 Å². The van der Waals surface area contributed by atoms with Crippen LogP contribution in [0.2, 0.25) is 0 Å². The van der Waals surface area contributed by atoms with Crippen LogP contribution in [0, 0.1) is 0 Å². The third-order valence-electron chi connectivity index (χ3n) is 3.69. The van der Waals surface area contributed by atoms with Gasteiger partial charge in [-0.25, -0.2) is 0 Å². The van der Waals surface area contributed by atoms with Crippen molar-refractivity contribution in [2.75, 3.05) is 20.2 Å². The summed E-state index contributed by atoms with van der Waals surface area (Å²) in [5.41, 5.74) is 2.18. The van der Waals surface area contributed by atoms with E-state index in [1.54, 1.807) is 12.1 Å². The fraction of sp³-hybridized carbons (Fsp3) is 0.316. The number of rotatable bonds is 9. The van der Waals surface area contributed by atoms with E-state index in [1.807, 2.05) is 18.2 Å². The van der Waals surface area contributed by atoms with Gasteiger partial charge in [0.25, 0.3) is 0 Å². The summed E-state index contributed by atoms with van der Waals surface area (Å²) in [6.07, 6.45) is 1.57. The van der Waals surface area contributed by atoms with Crippen molar-refractivity contribution in [1.82, 2.24) is 10.6 Å². The minimum atomic E-state index is -2.88. The normalized spacial score (nSPS) is 10.5. The van der Waals surface area contributed by atoms with Crippen LogP contribution in [-0.4, -0.2) is 31.9 Å². The van der Waals surface area contributed by atoms with Crippen LogP contribution in [0.15, 0.2) is 48.5 Å². The molecule has 0 heterocycles. The molecule has 2 aromatic rings. The van der Waals surface area contributed by atoms with Crippen LogP contribution in [0.5, 0.6) is 11.5 Å². The van der Waals surface area contributed by atoms with Gasteiger partial charge in [-0.2, -0.15) is 8.78 Å². The first-order chi connectivity index (χ1) is 12.6. The quantitative estimate of drug-likeness (QED) is 0.652. The summed E-state index contributed by atoms with van der Waals surface area (Å²) in [4.78, 5) is 0. The lowest BCUT2D eigenvalue weighted by Crippen LogP contribution is -2.37. The second-order valence-corrected chi connectivity index (χ2v) is 5.94. The van der Waals surface area contributed by atoms with Gasteiger partial charge < -0.3 is 20.1 Å². The second kappa shape index (κ2) is 10.6. The van der Waals surface area contributed by atoms with Gasteiger partial charge in [0, 0.05) is 13.1 Å². The lowest BCUT2D eigenvalue weighted by molar-refractivity contribution is -0.0512. The van der Waals surface area contributed by atoms with E-state index in [2.05, 4.69) is 27.5 Å². The van der Waals surface area contributed by atoms with Gasteiger partial charge in [0.1, 0.15) is 0 Å². The van der Waals surface area contributed by atoms with Gasteiger partial charge in [-0.05, 0) is 48.3 Å². The Morgan fingerprint density at radius 2 is 1.62 bits per heavy atom. The van der Waals surface area contributed by atoms with Gasteiger partial charge >= 0.3 is 6.61 Å². The van der Waals surface area contributed by atoms with Crippen molar-refractivity contribution in [3.63, 3.8) is 0 Å². The highest BCUT2D eigenvalue weighted by atomic mass is 32.1.